The molecule has 2 atom stereocenters. The van der Waals surface area contributed by atoms with Gasteiger partial charge in [-0.05, 0) is 47.9 Å². The summed E-state index contributed by atoms with van der Waals surface area (Å²) in [7, 11) is -9.88. The van der Waals surface area contributed by atoms with Crippen LogP contribution in [0.4, 0.5) is 23.8 Å². The fourth-order valence-corrected chi connectivity index (χ4v) is 3.99. The molecule has 1 aliphatic rings. The molecule has 3 rings (SSSR count). The summed E-state index contributed by atoms with van der Waals surface area (Å²) in [6.45, 7) is 1.33. The van der Waals surface area contributed by atoms with Crippen molar-refractivity contribution >= 4 is 16.1 Å². The molecule has 0 aliphatic carbocycles. The molecule has 12 heteroatoms. The molecule has 33 heavy (non-hydrogen) atoms. The molecule has 1 amide bonds. The first-order chi connectivity index (χ1) is 15.3. The molecule has 0 bridgehead atoms. The van der Waals surface area contributed by atoms with E-state index in [1.807, 2.05) is 6.07 Å². The van der Waals surface area contributed by atoms with Crippen molar-refractivity contribution in [2.75, 3.05) is 19.7 Å². The Bertz CT molecular complexity index is 1080. The van der Waals surface area contributed by atoms with E-state index in [2.05, 4.69) is 10.6 Å². The third-order valence-electron chi connectivity index (χ3n) is 5.00. The lowest BCUT2D eigenvalue weighted by Gasteiger charge is -2.40. The summed E-state index contributed by atoms with van der Waals surface area (Å²) in [4.78, 5) is 10.3. The van der Waals surface area contributed by atoms with Gasteiger partial charge >= 0.3 is 10.2 Å². The van der Waals surface area contributed by atoms with Crippen molar-refractivity contribution in [3.8, 4) is 17.2 Å². The Morgan fingerprint density at radius 2 is 1.91 bits per heavy atom. The number of rotatable bonds is 6. The van der Waals surface area contributed by atoms with Gasteiger partial charge in [-0.15, -0.1) is 0 Å². The lowest BCUT2D eigenvalue weighted by atomic mass is 10.00. The van der Waals surface area contributed by atoms with E-state index >= 15 is 0 Å². The van der Waals surface area contributed by atoms with Crippen LogP contribution in [-0.4, -0.2) is 37.7 Å². The van der Waals surface area contributed by atoms with E-state index in [-0.39, 0.29) is 41.8 Å². The number of amides is 1. The smallest absolute Gasteiger partial charge is 0.310 e. The van der Waals surface area contributed by atoms with E-state index < -0.39 is 39.0 Å². The van der Waals surface area contributed by atoms with E-state index in [1.165, 1.54) is 12.1 Å². The number of nitrogens with zero attached hydrogens (tertiary/aromatic N) is 1. The molecule has 1 aliphatic heterocycles. The van der Waals surface area contributed by atoms with Gasteiger partial charge in [-0.1, -0.05) is 43.7 Å². The van der Waals surface area contributed by atoms with Crippen LogP contribution in [0.1, 0.15) is 12.0 Å². The molecule has 2 aromatic carbocycles. The molecule has 1 saturated heterocycles. The molecule has 2 aromatic rings. The molecule has 0 aromatic heterocycles. The molecule has 1 heterocycles. The first-order valence-corrected chi connectivity index (χ1v) is 11.9. The van der Waals surface area contributed by atoms with Gasteiger partial charge in [0.05, 0.1) is 6.07 Å². The number of nitrogens with one attached hydrogen (secondary N) is 2. The molecular weight excluding hydrogens is 472 g/mol. The molecule has 0 radical (unpaired) electrons. The lowest BCUT2D eigenvalue weighted by Crippen LogP contribution is -2.46. The summed E-state index contributed by atoms with van der Waals surface area (Å²) in [5, 5.41) is 14.9. The van der Waals surface area contributed by atoms with Crippen molar-refractivity contribution in [2.45, 2.75) is 29.9 Å². The third-order valence-corrected chi connectivity index (χ3v) is 6.15. The van der Waals surface area contributed by atoms with Crippen LogP contribution in [0.15, 0.2) is 47.4 Å². The fourth-order valence-electron chi connectivity index (χ4n) is 3.30. The van der Waals surface area contributed by atoms with Crippen LogP contribution in [0.5, 0.6) is 0 Å². The highest BCUT2D eigenvalue weighted by Gasteiger charge is 2.65. The number of ether oxygens (including phenoxy) is 1. The van der Waals surface area contributed by atoms with Crippen LogP contribution in [0, 0.1) is 17.1 Å². The van der Waals surface area contributed by atoms with Gasteiger partial charge in [0.2, 0.25) is 0 Å². The Labute approximate surface area is 186 Å². The molecule has 0 saturated carbocycles. The Morgan fingerprint density at radius 3 is 2.58 bits per heavy atom. The van der Waals surface area contributed by atoms with Crippen LogP contribution < -0.4 is 10.6 Å². The second-order valence-electron chi connectivity index (χ2n) is 7.61. The Balaban J connectivity index is 1.75. The summed E-state index contributed by atoms with van der Waals surface area (Å²) in [5.41, 5.74) is -0.265. The second-order valence-corrected chi connectivity index (χ2v) is 10.0. The lowest BCUT2D eigenvalue weighted by molar-refractivity contribution is -0.132. The Hall–Kier alpha value is -2.75. The van der Waals surface area contributed by atoms with Gasteiger partial charge in [0, 0.05) is 19.6 Å². The van der Waals surface area contributed by atoms with E-state index in [0.717, 1.165) is 24.6 Å². The van der Waals surface area contributed by atoms with E-state index in [9.17, 15) is 33.9 Å². The van der Waals surface area contributed by atoms with Gasteiger partial charge in [0.25, 0.3) is 5.91 Å². The highest BCUT2D eigenvalue weighted by atomic mass is 32.5. The minimum Gasteiger partial charge on any atom is -0.367 e. The maximum Gasteiger partial charge on any atom is 0.310 e. The predicted octanol–water partition coefficient (Wildman–Crippen LogP) is 5.08. The van der Waals surface area contributed by atoms with Crippen molar-refractivity contribution in [2.24, 2.45) is 0 Å². The van der Waals surface area contributed by atoms with Crippen molar-refractivity contribution in [1.82, 2.24) is 10.6 Å². The largest absolute Gasteiger partial charge is 0.367 e. The minimum absolute atomic E-state index is 0.0226. The third kappa shape index (κ3) is 6.63. The van der Waals surface area contributed by atoms with Gasteiger partial charge < -0.3 is 15.4 Å². The van der Waals surface area contributed by atoms with Crippen molar-refractivity contribution in [3.63, 3.8) is 0 Å². The normalized spacial score (nSPS) is 20.0. The second kappa shape index (κ2) is 8.55. The number of hydrogen-bond donors (Lipinski definition) is 2. The zero-order valence-corrected chi connectivity index (χ0v) is 18.0. The quantitative estimate of drug-likeness (QED) is 0.551. The predicted molar refractivity (Wildman–Crippen MR) is 112 cm³/mol. The van der Waals surface area contributed by atoms with Gasteiger partial charge in [0.1, 0.15) is 22.9 Å². The first kappa shape index (κ1) is 24.9. The number of carbonyl (C=O) groups is 1. The monoisotopic (exact) mass is 493 g/mol. The average molecular weight is 493 g/mol. The molecule has 2 N–H and O–H groups in total. The number of hydrogen-bond acceptors (Lipinski definition) is 4. The summed E-state index contributed by atoms with van der Waals surface area (Å²) >= 11 is 0. The van der Waals surface area contributed by atoms with Crippen molar-refractivity contribution in [3.05, 3.63) is 53.8 Å². The molecule has 180 valence electrons. The number of nitriles is 1. The summed E-state index contributed by atoms with van der Waals surface area (Å²) < 4.78 is 85.4. The van der Waals surface area contributed by atoms with Crippen LogP contribution in [0.2, 0.25) is 0 Å². The van der Waals surface area contributed by atoms with E-state index in [4.69, 9.17) is 4.74 Å². The minimum atomic E-state index is -9.88. The first-order valence-electron chi connectivity index (χ1n) is 9.92. The highest BCUT2D eigenvalue weighted by Crippen LogP contribution is 3.02. The molecule has 5 nitrogen and oxygen atoms in total. The zero-order valence-electron chi connectivity index (χ0n) is 17.2. The standard InChI is InChI=1S/C21H21F6N3O2S/c22-19-11-15(14-3-1-4-18(10-14)33(23,24,25,26)27)5-6-16(19)9-17(12-28)30-21(31)20-13-29-7-2-8-32-20/h1,3-6,10-11,17,20,29H,2,7-9,13H2,(H,30,31). The summed E-state index contributed by atoms with van der Waals surface area (Å²) in [6.07, 6.45) is -0.272. The van der Waals surface area contributed by atoms with E-state index in [0.29, 0.717) is 13.2 Å². The van der Waals surface area contributed by atoms with Crippen LogP contribution in [-0.2, 0) is 16.0 Å². The van der Waals surface area contributed by atoms with Gasteiger partial charge in [-0.3, -0.25) is 4.79 Å². The number of benzene rings is 2. The van der Waals surface area contributed by atoms with Crippen LogP contribution in [0.25, 0.3) is 11.1 Å². The van der Waals surface area contributed by atoms with Crippen molar-refractivity contribution < 1.29 is 33.4 Å². The van der Waals surface area contributed by atoms with Gasteiger partial charge in [-0.2, -0.15) is 5.26 Å². The Kier molecular flexibility index (Phi) is 6.45. The van der Waals surface area contributed by atoms with Gasteiger partial charge in [-0.25, -0.2) is 4.39 Å². The van der Waals surface area contributed by atoms with Gasteiger partial charge in [0.15, 0.2) is 0 Å². The summed E-state index contributed by atoms with van der Waals surface area (Å²) in [5.74, 6) is -1.38. The number of carbonyl (C=O) groups excluding carboxylic acids is 1. The molecule has 2 unspecified atom stereocenters. The molecular formula is C21H21F6N3O2S. The maximum absolute atomic E-state index is 14.6. The van der Waals surface area contributed by atoms with E-state index in [1.54, 1.807) is 0 Å². The topological polar surface area (TPSA) is 74.2 Å². The highest BCUT2D eigenvalue weighted by molar-refractivity contribution is 8.45. The summed E-state index contributed by atoms with van der Waals surface area (Å²) in [6, 6.07) is 6.69. The Morgan fingerprint density at radius 1 is 1.18 bits per heavy atom. The maximum atomic E-state index is 14.6. The SMILES string of the molecule is N#CC(Cc1ccc(-c2cccc(S(F)(F)(F)(F)F)c2)cc1F)NC(=O)C1CNCCCO1. The number of halogens is 6. The molecule has 0 spiro atoms. The molecule has 1 fully saturated rings. The van der Waals surface area contributed by atoms with Crippen LogP contribution >= 0.6 is 10.2 Å². The van der Waals surface area contributed by atoms with Crippen LogP contribution in [0.3, 0.4) is 0 Å². The zero-order chi connectivity index (χ0) is 24.3. The average Bonchev–Trinajstić information content (AvgIpc) is 3.02. The fraction of sp³-hybridized carbons (Fsp3) is 0.333. The van der Waals surface area contributed by atoms with Crippen molar-refractivity contribution in [1.29, 1.82) is 5.26 Å².